The second kappa shape index (κ2) is 6.49. The highest BCUT2D eigenvalue weighted by atomic mass is 16.1. The molecule has 0 unspecified atom stereocenters. The molecule has 2 heterocycles. The molecule has 0 saturated heterocycles. The number of rotatable bonds is 4. The van der Waals surface area contributed by atoms with E-state index >= 15 is 0 Å². The minimum atomic E-state index is 0.00490. The minimum Gasteiger partial charge on any atom is -0.349 e. The van der Waals surface area contributed by atoms with Gasteiger partial charge in [0.1, 0.15) is 5.82 Å². The summed E-state index contributed by atoms with van der Waals surface area (Å²) in [4.78, 5) is 12.0. The number of nitrogens with one attached hydrogen (secondary N) is 2. The van der Waals surface area contributed by atoms with Crippen LogP contribution in [0.2, 0.25) is 0 Å². The maximum atomic E-state index is 12.0. The maximum Gasteiger partial charge on any atom is 0.224 e. The van der Waals surface area contributed by atoms with Crippen molar-refractivity contribution in [3.05, 3.63) is 47.5 Å². The summed E-state index contributed by atoms with van der Waals surface area (Å²) < 4.78 is 2.10. The molecule has 110 valence electrons. The van der Waals surface area contributed by atoms with Gasteiger partial charge in [0, 0.05) is 26.1 Å². The number of amides is 1. The zero-order valence-corrected chi connectivity index (χ0v) is 11.9. The molecule has 3 rings (SSSR count). The van der Waals surface area contributed by atoms with Crippen LogP contribution in [0.4, 0.5) is 0 Å². The third-order valence-electron chi connectivity index (χ3n) is 3.59. The largest absolute Gasteiger partial charge is 0.349 e. The van der Waals surface area contributed by atoms with Crippen molar-refractivity contribution in [2.75, 3.05) is 13.1 Å². The summed E-state index contributed by atoms with van der Waals surface area (Å²) in [7, 11) is 0. The van der Waals surface area contributed by atoms with Crippen LogP contribution in [0.15, 0.2) is 30.3 Å². The van der Waals surface area contributed by atoms with Crippen LogP contribution in [0.3, 0.4) is 0 Å². The topological polar surface area (TPSA) is 71.8 Å². The fraction of sp³-hybridized carbons (Fsp3) is 0.400. The van der Waals surface area contributed by atoms with Gasteiger partial charge in [0.2, 0.25) is 5.91 Å². The van der Waals surface area contributed by atoms with E-state index in [0.29, 0.717) is 13.0 Å². The lowest BCUT2D eigenvalue weighted by molar-refractivity contribution is -0.120. The molecule has 0 spiro atoms. The fourth-order valence-electron chi connectivity index (χ4n) is 2.48. The van der Waals surface area contributed by atoms with Crippen molar-refractivity contribution in [3.63, 3.8) is 0 Å². The van der Waals surface area contributed by atoms with E-state index in [0.717, 1.165) is 43.3 Å². The Morgan fingerprint density at radius 3 is 2.95 bits per heavy atom. The Labute approximate surface area is 123 Å². The Hall–Kier alpha value is -2.21. The van der Waals surface area contributed by atoms with Gasteiger partial charge in [-0.15, -0.1) is 10.2 Å². The molecular formula is C15H19N5O. The van der Waals surface area contributed by atoms with Gasteiger partial charge in [0.25, 0.3) is 0 Å². The molecule has 2 N–H and O–H groups in total. The first-order chi connectivity index (χ1) is 10.3. The molecule has 6 nitrogen and oxygen atoms in total. The average molecular weight is 285 g/mol. The lowest BCUT2D eigenvalue weighted by Gasteiger charge is -2.08. The van der Waals surface area contributed by atoms with E-state index in [1.165, 1.54) is 0 Å². The van der Waals surface area contributed by atoms with E-state index in [2.05, 4.69) is 25.4 Å². The zero-order chi connectivity index (χ0) is 14.5. The van der Waals surface area contributed by atoms with Gasteiger partial charge in [0.05, 0.1) is 13.0 Å². The lowest BCUT2D eigenvalue weighted by Crippen LogP contribution is -2.27. The van der Waals surface area contributed by atoms with E-state index in [-0.39, 0.29) is 5.91 Å². The summed E-state index contributed by atoms with van der Waals surface area (Å²) >= 11 is 0. The Kier molecular flexibility index (Phi) is 4.25. The second-order valence-corrected chi connectivity index (χ2v) is 5.12. The standard InChI is InChI=1S/C15H19N5O/c21-15(10-12-4-2-1-3-5-12)17-11-14-19-18-13-6-7-16-8-9-20(13)14/h1-5,16H,6-11H2,(H,17,21). The molecule has 21 heavy (non-hydrogen) atoms. The van der Waals surface area contributed by atoms with Crippen LogP contribution >= 0.6 is 0 Å². The highest BCUT2D eigenvalue weighted by Crippen LogP contribution is 2.05. The predicted octanol–water partition coefficient (Wildman–Crippen LogP) is 0.283. The first kappa shape index (κ1) is 13.8. The van der Waals surface area contributed by atoms with Gasteiger partial charge in [-0.1, -0.05) is 30.3 Å². The molecule has 0 saturated carbocycles. The first-order valence-corrected chi connectivity index (χ1v) is 7.25. The zero-order valence-electron chi connectivity index (χ0n) is 11.9. The van der Waals surface area contributed by atoms with E-state index in [4.69, 9.17) is 0 Å². The monoisotopic (exact) mass is 285 g/mol. The molecule has 6 heteroatoms. The van der Waals surface area contributed by atoms with Crippen molar-refractivity contribution in [2.45, 2.75) is 25.9 Å². The van der Waals surface area contributed by atoms with Crippen LogP contribution in [0.1, 0.15) is 17.2 Å². The SMILES string of the molecule is O=C(Cc1ccccc1)NCc1nnc2n1CCNCC2. The number of aromatic nitrogens is 3. The van der Waals surface area contributed by atoms with E-state index in [1.54, 1.807) is 0 Å². The molecule has 1 aliphatic heterocycles. The van der Waals surface area contributed by atoms with Crippen LogP contribution in [-0.2, 0) is 30.7 Å². The summed E-state index contributed by atoms with van der Waals surface area (Å²) in [6.45, 7) is 3.12. The van der Waals surface area contributed by atoms with Crippen molar-refractivity contribution in [2.24, 2.45) is 0 Å². The Morgan fingerprint density at radius 2 is 2.10 bits per heavy atom. The first-order valence-electron chi connectivity index (χ1n) is 7.25. The number of nitrogens with zero attached hydrogens (tertiary/aromatic N) is 3. The smallest absolute Gasteiger partial charge is 0.224 e. The second-order valence-electron chi connectivity index (χ2n) is 5.12. The van der Waals surface area contributed by atoms with Gasteiger partial charge in [-0.25, -0.2) is 0 Å². The molecule has 0 radical (unpaired) electrons. The van der Waals surface area contributed by atoms with Crippen molar-refractivity contribution < 1.29 is 4.79 Å². The number of carbonyl (C=O) groups excluding carboxylic acids is 1. The predicted molar refractivity (Wildman–Crippen MR) is 78.6 cm³/mol. The lowest BCUT2D eigenvalue weighted by atomic mass is 10.1. The summed E-state index contributed by atoms with van der Waals surface area (Å²) in [5, 5.41) is 14.6. The van der Waals surface area contributed by atoms with Gasteiger partial charge in [-0.2, -0.15) is 0 Å². The molecule has 1 aliphatic rings. The van der Waals surface area contributed by atoms with Gasteiger partial charge < -0.3 is 15.2 Å². The normalized spacial score (nSPS) is 14.3. The molecular weight excluding hydrogens is 266 g/mol. The van der Waals surface area contributed by atoms with E-state index in [9.17, 15) is 4.79 Å². The highest BCUT2D eigenvalue weighted by Gasteiger charge is 2.14. The number of hydrogen-bond donors (Lipinski definition) is 2. The molecule has 0 fully saturated rings. The maximum absolute atomic E-state index is 12.0. The molecule has 1 amide bonds. The molecule has 0 atom stereocenters. The van der Waals surface area contributed by atoms with Gasteiger partial charge in [-0.05, 0) is 5.56 Å². The van der Waals surface area contributed by atoms with E-state index in [1.807, 2.05) is 30.3 Å². The van der Waals surface area contributed by atoms with Gasteiger partial charge in [0.15, 0.2) is 5.82 Å². The summed E-state index contributed by atoms with van der Waals surface area (Å²) in [6.07, 6.45) is 1.27. The third kappa shape index (κ3) is 3.46. The highest BCUT2D eigenvalue weighted by molar-refractivity contribution is 5.78. The molecule has 0 bridgehead atoms. The van der Waals surface area contributed by atoms with Crippen LogP contribution in [-0.4, -0.2) is 33.8 Å². The summed E-state index contributed by atoms with van der Waals surface area (Å²) in [5.41, 5.74) is 1.01. The van der Waals surface area contributed by atoms with Crippen LogP contribution in [0.25, 0.3) is 0 Å². The quantitative estimate of drug-likeness (QED) is 0.846. The molecule has 0 aliphatic carbocycles. The fourth-order valence-corrected chi connectivity index (χ4v) is 2.48. The number of fused-ring (bicyclic) bond motifs is 1. The van der Waals surface area contributed by atoms with Gasteiger partial charge >= 0.3 is 0 Å². The van der Waals surface area contributed by atoms with Crippen molar-refractivity contribution in [1.29, 1.82) is 0 Å². The molecule has 1 aromatic heterocycles. The summed E-state index contributed by atoms with van der Waals surface area (Å²) in [6, 6.07) is 9.73. The van der Waals surface area contributed by atoms with Crippen molar-refractivity contribution in [1.82, 2.24) is 25.4 Å². The Bertz CT molecular complexity index is 608. The van der Waals surface area contributed by atoms with Crippen LogP contribution in [0, 0.1) is 0 Å². The Balaban J connectivity index is 1.58. The molecule has 2 aromatic rings. The molecule has 1 aromatic carbocycles. The number of hydrogen-bond acceptors (Lipinski definition) is 4. The Morgan fingerprint density at radius 1 is 1.24 bits per heavy atom. The van der Waals surface area contributed by atoms with Crippen molar-refractivity contribution >= 4 is 5.91 Å². The number of carbonyl (C=O) groups is 1. The van der Waals surface area contributed by atoms with Crippen LogP contribution in [0.5, 0.6) is 0 Å². The summed E-state index contributed by atoms with van der Waals surface area (Å²) in [5.74, 6) is 1.83. The third-order valence-corrected chi connectivity index (χ3v) is 3.59. The van der Waals surface area contributed by atoms with Gasteiger partial charge in [-0.3, -0.25) is 4.79 Å². The number of benzene rings is 1. The van der Waals surface area contributed by atoms with E-state index < -0.39 is 0 Å². The van der Waals surface area contributed by atoms with Crippen LogP contribution < -0.4 is 10.6 Å². The van der Waals surface area contributed by atoms with Crippen molar-refractivity contribution in [3.8, 4) is 0 Å². The minimum absolute atomic E-state index is 0.00490. The average Bonchev–Trinajstić information content (AvgIpc) is 2.73.